The highest BCUT2D eigenvalue weighted by atomic mass is 16.3. The molecule has 1 saturated carbocycles. The number of amides is 1. The molecular weight excluding hydrogens is 344 g/mol. The number of carbonyl (C=O) groups excluding carboxylic acids is 1. The maximum atomic E-state index is 12.7. The molecule has 3 N–H and O–H groups in total. The Bertz CT molecular complexity index is 827. The van der Waals surface area contributed by atoms with Crippen molar-refractivity contribution in [2.45, 2.75) is 69.6 Å². The van der Waals surface area contributed by atoms with E-state index in [-0.39, 0.29) is 40.3 Å². The summed E-state index contributed by atoms with van der Waals surface area (Å²) in [5, 5.41) is 32.1. The van der Waals surface area contributed by atoms with Gasteiger partial charge in [-0.15, -0.1) is 0 Å². The molecule has 1 aromatic carbocycles. The lowest BCUT2D eigenvalue weighted by molar-refractivity contribution is -0.121. The molecule has 146 valence electrons. The first-order chi connectivity index (χ1) is 12.9. The summed E-state index contributed by atoms with van der Waals surface area (Å²) >= 11 is 0. The van der Waals surface area contributed by atoms with Crippen LogP contribution in [0.2, 0.25) is 0 Å². The standard InChI is InChI=1S/C21H28N2O4/c1-3-20-7-4-9-22-10-8-21(19(20)22)13-5-6-14(25)17(27)16(13)23(12(2)24)18(21)15(26)11-20/h5-6,15,18-19,25-27H,3-4,7-11H2,1-2H3/t15-,18+,19+,20+,21+/m0/s1. The topological polar surface area (TPSA) is 84.2 Å². The first kappa shape index (κ1) is 17.3. The van der Waals surface area contributed by atoms with Gasteiger partial charge in [-0.3, -0.25) is 9.69 Å². The molecule has 1 spiro atoms. The maximum absolute atomic E-state index is 12.7. The monoisotopic (exact) mass is 372 g/mol. The van der Waals surface area contributed by atoms with Gasteiger partial charge < -0.3 is 20.2 Å². The Morgan fingerprint density at radius 3 is 2.74 bits per heavy atom. The molecule has 0 aromatic heterocycles. The lowest BCUT2D eigenvalue weighted by Gasteiger charge is -2.60. The van der Waals surface area contributed by atoms with Crippen LogP contribution in [-0.4, -0.2) is 57.4 Å². The van der Waals surface area contributed by atoms with Crippen LogP contribution in [0, 0.1) is 5.41 Å². The van der Waals surface area contributed by atoms with Crippen molar-refractivity contribution in [3.63, 3.8) is 0 Å². The molecule has 5 atom stereocenters. The number of aliphatic hydroxyl groups excluding tert-OH is 1. The number of aliphatic hydroxyl groups is 1. The third kappa shape index (κ3) is 1.86. The minimum Gasteiger partial charge on any atom is -0.504 e. The van der Waals surface area contributed by atoms with Crippen molar-refractivity contribution < 1.29 is 20.1 Å². The number of rotatable bonds is 1. The van der Waals surface area contributed by atoms with Gasteiger partial charge in [0, 0.05) is 18.4 Å². The number of hydrogen-bond donors (Lipinski definition) is 3. The quantitative estimate of drug-likeness (QED) is 0.658. The highest BCUT2D eigenvalue weighted by Gasteiger charge is 2.71. The molecule has 27 heavy (non-hydrogen) atoms. The van der Waals surface area contributed by atoms with Crippen molar-refractivity contribution in [3.05, 3.63) is 17.7 Å². The number of nitrogens with zero attached hydrogens (tertiary/aromatic N) is 2. The highest BCUT2D eigenvalue weighted by Crippen LogP contribution is 2.67. The van der Waals surface area contributed by atoms with E-state index in [1.54, 1.807) is 4.90 Å². The van der Waals surface area contributed by atoms with Gasteiger partial charge in [0.2, 0.25) is 5.91 Å². The van der Waals surface area contributed by atoms with Crippen LogP contribution in [0.5, 0.6) is 11.5 Å². The van der Waals surface area contributed by atoms with E-state index in [1.807, 2.05) is 6.07 Å². The molecular formula is C21H28N2O4. The predicted octanol–water partition coefficient (Wildman–Crippen LogP) is 2.10. The van der Waals surface area contributed by atoms with Gasteiger partial charge in [0.05, 0.1) is 17.8 Å². The van der Waals surface area contributed by atoms with E-state index in [0.717, 1.165) is 44.3 Å². The first-order valence-electron chi connectivity index (χ1n) is 10.1. The Morgan fingerprint density at radius 1 is 1.26 bits per heavy atom. The molecule has 0 bridgehead atoms. The molecule has 6 nitrogen and oxygen atoms in total. The molecule has 3 heterocycles. The van der Waals surface area contributed by atoms with Gasteiger partial charge in [0.1, 0.15) is 0 Å². The lowest BCUT2D eigenvalue weighted by Crippen LogP contribution is -2.69. The van der Waals surface area contributed by atoms with Crippen LogP contribution in [0.1, 0.15) is 51.5 Å². The second kappa shape index (κ2) is 5.39. The van der Waals surface area contributed by atoms with Gasteiger partial charge in [-0.2, -0.15) is 0 Å². The van der Waals surface area contributed by atoms with Crippen LogP contribution in [0.15, 0.2) is 12.1 Å². The smallest absolute Gasteiger partial charge is 0.224 e. The minimum absolute atomic E-state index is 0.0300. The average Bonchev–Trinajstić information content (AvgIpc) is 3.17. The summed E-state index contributed by atoms with van der Waals surface area (Å²) < 4.78 is 0. The number of piperidine rings is 1. The van der Waals surface area contributed by atoms with E-state index in [9.17, 15) is 20.1 Å². The Morgan fingerprint density at radius 2 is 2.04 bits per heavy atom. The number of hydrogen-bond acceptors (Lipinski definition) is 5. The van der Waals surface area contributed by atoms with Gasteiger partial charge in [0.15, 0.2) is 11.5 Å². The van der Waals surface area contributed by atoms with Crippen molar-refractivity contribution in [1.29, 1.82) is 0 Å². The molecule has 1 aliphatic carbocycles. The lowest BCUT2D eigenvalue weighted by atomic mass is 9.51. The molecule has 5 rings (SSSR count). The molecule has 0 unspecified atom stereocenters. The Hall–Kier alpha value is -1.79. The fraction of sp³-hybridized carbons (Fsp3) is 0.667. The summed E-state index contributed by atoms with van der Waals surface area (Å²) in [6.45, 7) is 5.70. The molecule has 1 aromatic rings. The van der Waals surface area contributed by atoms with Gasteiger partial charge in [-0.1, -0.05) is 13.0 Å². The number of phenols is 2. The molecule has 6 heteroatoms. The van der Waals surface area contributed by atoms with Crippen molar-refractivity contribution in [2.75, 3.05) is 18.0 Å². The van der Waals surface area contributed by atoms with Gasteiger partial charge in [0.25, 0.3) is 0 Å². The molecule has 0 radical (unpaired) electrons. The van der Waals surface area contributed by atoms with Crippen molar-refractivity contribution in [2.24, 2.45) is 5.41 Å². The third-order valence-corrected chi connectivity index (χ3v) is 8.07. The SMILES string of the molecule is CC[C@@]12CCCN3CC[C@]4(c5ccc(O)c(O)c5N(C(C)=O)[C@@H]4[C@@H](O)C1)[C@H]32. The number of benzene rings is 1. The number of anilines is 1. The molecule has 2 saturated heterocycles. The summed E-state index contributed by atoms with van der Waals surface area (Å²) in [5.41, 5.74) is 0.970. The highest BCUT2D eigenvalue weighted by molar-refractivity contribution is 5.99. The van der Waals surface area contributed by atoms with Gasteiger partial charge >= 0.3 is 0 Å². The Kier molecular flexibility index (Phi) is 3.45. The zero-order valence-electron chi connectivity index (χ0n) is 16.0. The summed E-state index contributed by atoms with van der Waals surface area (Å²) in [5.74, 6) is -0.656. The number of carbonyl (C=O) groups is 1. The fourth-order valence-electron chi connectivity index (χ4n) is 7.30. The Labute approximate surface area is 159 Å². The second-order valence-electron chi connectivity index (χ2n) is 8.98. The molecule has 3 aliphatic heterocycles. The van der Waals surface area contributed by atoms with Crippen LogP contribution in [0.4, 0.5) is 5.69 Å². The zero-order chi connectivity index (χ0) is 19.1. The van der Waals surface area contributed by atoms with Crippen LogP contribution in [-0.2, 0) is 10.2 Å². The summed E-state index contributed by atoms with van der Waals surface area (Å²) in [4.78, 5) is 16.8. The van der Waals surface area contributed by atoms with Crippen LogP contribution >= 0.6 is 0 Å². The zero-order valence-corrected chi connectivity index (χ0v) is 16.0. The van der Waals surface area contributed by atoms with Crippen molar-refractivity contribution in [3.8, 4) is 11.5 Å². The largest absolute Gasteiger partial charge is 0.504 e. The first-order valence-corrected chi connectivity index (χ1v) is 10.1. The average molecular weight is 372 g/mol. The summed E-state index contributed by atoms with van der Waals surface area (Å²) in [7, 11) is 0. The van der Waals surface area contributed by atoms with Gasteiger partial charge in [-0.05, 0) is 62.2 Å². The van der Waals surface area contributed by atoms with E-state index in [1.165, 1.54) is 13.0 Å². The Balaban J connectivity index is 1.82. The summed E-state index contributed by atoms with van der Waals surface area (Å²) in [6, 6.07) is 3.27. The molecule has 3 fully saturated rings. The van der Waals surface area contributed by atoms with Crippen LogP contribution in [0.3, 0.4) is 0 Å². The van der Waals surface area contributed by atoms with Crippen LogP contribution < -0.4 is 4.90 Å². The number of fused-ring (bicyclic) bond motifs is 1. The van der Waals surface area contributed by atoms with Crippen LogP contribution in [0.25, 0.3) is 0 Å². The number of aromatic hydroxyl groups is 2. The second-order valence-corrected chi connectivity index (χ2v) is 8.98. The predicted molar refractivity (Wildman–Crippen MR) is 101 cm³/mol. The van der Waals surface area contributed by atoms with Crippen molar-refractivity contribution >= 4 is 11.6 Å². The van der Waals surface area contributed by atoms with E-state index in [4.69, 9.17) is 0 Å². The van der Waals surface area contributed by atoms with E-state index >= 15 is 0 Å². The third-order valence-electron chi connectivity index (χ3n) is 8.07. The number of phenolic OH excluding ortho intramolecular Hbond substituents is 2. The van der Waals surface area contributed by atoms with E-state index in [0.29, 0.717) is 12.1 Å². The van der Waals surface area contributed by atoms with E-state index in [2.05, 4.69) is 11.8 Å². The fourth-order valence-corrected chi connectivity index (χ4v) is 7.30. The maximum Gasteiger partial charge on any atom is 0.224 e. The van der Waals surface area contributed by atoms with Crippen molar-refractivity contribution in [1.82, 2.24) is 4.90 Å². The summed E-state index contributed by atoms with van der Waals surface area (Å²) in [6.07, 6.45) is 4.14. The molecule has 1 amide bonds. The van der Waals surface area contributed by atoms with E-state index < -0.39 is 6.10 Å². The van der Waals surface area contributed by atoms with Gasteiger partial charge in [-0.25, -0.2) is 0 Å². The molecule has 4 aliphatic rings. The minimum atomic E-state index is -0.642. The normalized spacial score (nSPS) is 39.8.